The lowest BCUT2D eigenvalue weighted by atomic mass is 9.92. The first-order valence-electron chi connectivity index (χ1n) is 11.9. The number of benzene rings is 2. The molecule has 0 radical (unpaired) electrons. The normalized spacial score (nSPS) is 13.5. The second kappa shape index (κ2) is 9.18. The molecule has 9 nitrogen and oxygen atoms in total. The van der Waals surface area contributed by atoms with Crippen molar-refractivity contribution in [1.29, 1.82) is 0 Å². The van der Waals surface area contributed by atoms with Crippen molar-refractivity contribution in [3.8, 4) is 28.1 Å². The van der Waals surface area contributed by atoms with E-state index in [0.29, 0.717) is 34.3 Å². The monoisotopic (exact) mass is 479 g/mol. The summed E-state index contributed by atoms with van der Waals surface area (Å²) in [5.74, 6) is 1.55. The van der Waals surface area contributed by atoms with Crippen LogP contribution < -0.4 is 15.6 Å². The van der Waals surface area contributed by atoms with Crippen LogP contribution in [-0.2, 0) is 0 Å². The van der Waals surface area contributed by atoms with Crippen molar-refractivity contribution >= 4 is 23.0 Å². The number of aromatic amines is 2. The first kappa shape index (κ1) is 21.8. The van der Waals surface area contributed by atoms with Crippen LogP contribution in [-0.4, -0.2) is 36.9 Å². The molecule has 0 bridgehead atoms. The van der Waals surface area contributed by atoms with Crippen LogP contribution >= 0.6 is 0 Å². The Morgan fingerprint density at radius 3 is 2.53 bits per heavy atom. The molecular formula is C27H25N7O2. The molecule has 0 saturated heterocycles. The van der Waals surface area contributed by atoms with Gasteiger partial charge in [0.2, 0.25) is 5.95 Å². The molecule has 9 heteroatoms. The third-order valence-corrected chi connectivity index (χ3v) is 6.47. The highest BCUT2D eigenvalue weighted by Crippen LogP contribution is 2.37. The number of H-pyrrole nitrogens is 2. The molecule has 5 aromatic rings. The van der Waals surface area contributed by atoms with Gasteiger partial charge in [0.1, 0.15) is 29.2 Å². The molecule has 180 valence electrons. The lowest BCUT2D eigenvalue weighted by Gasteiger charge is -2.15. The predicted molar refractivity (Wildman–Crippen MR) is 139 cm³/mol. The Hall–Kier alpha value is -4.66. The quantitative estimate of drug-likeness (QED) is 0.309. The molecule has 1 aliphatic carbocycles. The van der Waals surface area contributed by atoms with E-state index in [4.69, 9.17) is 9.84 Å². The molecule has 0 spiro atoms. The van der Waals surface area contributed by atoms with E-state index in [9.17, 15) is 4.79 Å². The van der Waals surface area contributed by atoms with Crippen molar-refractivity contribution < 1.29 is 4.74 Å². The zero-order chi connectivity index (χ0) is 24.5. The highest BCUT2D eigenvalue weighted by atomic mass is 16.5. The molecule has 6 rings (SSSR count). The predicted octanol–water partition coefficient (Wildman–Crippen LogP) is 5.18. The van der Waals surface area contributed by atoms with Gasteiger partial charge in [-0.15, -0.1) is 5.10 Å². The van der Waals surface area contributed by atoms with Gasteiger partial charge in [0, 0.05) is 11.1 Å². The lowest BCUT2D eigenvalue weighted by Crippen LogP contribution is -2.20. The van der Waals surface area contributed by atoms with Gasteiger partial charge >= 0.3 is 0 Å². The maximum atomic E-state index is 14.1. The fraction of sp³-hybridized carbons (Fsp3) is 0.185. The van der Waals surface area contributed by atoms with Gasteiger partial charge < -0.3 is 15.0 Å². The van der Waals surface area contributed by atoms with E-state index in [1.54, 1.807) is 7.11 Å². The third-order valence-electron chi connectivity index (χ3n) is 6.47. The standard InChI is InChI=1S/C27H25N7O2/c1-36-20-14-12-18(13-15-20)22-24(31-27-28-16-29-32-27)30-25-21(17-8-4-2-5-9-17)23(33-34(25)26(22)35)19-10-6-3-7-11-19/h3,6-8,10-16,30H,2,4-5,9H2,1H3,(H2,28,29,31,32). The first-order valence-corrected chi connectivity index (χ1v) is 11.9. The summed E-state index contributed by atoms with van der Waals surface area (Å²) in [5.41, 5.74) is 5.45. The van der Waals surface area contributed by atoms with E-state index < -0.39 is 0 Å². The number of anilines is 2. The minimum absolute atomic E-state index is 0.244. The molecule has 0 unspecified atom stereocenters. The molecule has 0 saturated carbocycles. The lowest BCUT2D eigenvalue weighted by molar-refractivity contribution is 0.415. The van der Waals surface area contributed by atoms with E-state index in [1.165, 1.54) is 22.8 Å². The van der Waals surface area contributed by atoms with Gasteiger partial charge in [-0.05, 0) is 49.0 Å². The number of hydrogen-bond acceptors (Lipinski definition) is 6. The SMILES string of the molecule is COc1ccc(-c2c(Nc3nc[nH]n3)[nH]c3c(C4=CCCCC4)c(-c4ccccc4)nn3c2=O)cc1. The summed E-state index contributed by atoms with van der Waals surface area (Å²) in [5, 5.41) is 14.9. The number of methoxy groups -OCH3 is 1. The fourth-order valence-corrected chi connectivity index (χ4v) is 4.74. The summed E-state index contributed by atoms with van der Waals surface area (Å²) in [7, 11) is 1.61. The van der Waals surface area contributed by atoms with Gasteiger partial charge in [-0.25, -0.2) is 4.98 Å². The van der Waals surface area contributed by atoms with E-state index in [0.717, 1.165) is 36.1 Å². The van der Waals surface area contributed by atoms with E-state index >= 15 is 0 Å². The van der Waals surface area contributed by atoms with Crippen LogP contribution in [0.2, 0.25) is 0 Å². The Morgan fingerprint density at radius 1 is 1.00 bits per heavy atom. The maximum Gasteiger partial charge on any atom is 0.284 e. The average Bonchev–Trinajstić information content (AvgIpc) is 3.58. The molecule has 1 aliphatic rings. The Balaban J connectivity index is 1.65. The van der Waals surface area contributed by atoms with Crippen LogP contribution in [0.3, 0.4) is 0 Å². The number of allylic oxidation sites excluding steroid dienone is 2. The number of ether oxygens (including phenoxy) is 1. The fourth-order valence-electron chi connectivity index (χ4n) is 4.74. The highest BCUT2D eigenvalue weighted by molar-refractivity contribution is 5.89. The Labute approximate surface area is 206 Å². The van der Waals surface area contributed by atoms with Gasteiger partial charge in [0.15, 0.2) is 0 Å². The molecule has 36 heavy (non-hydrogen) atoms. The second-order valence-corrected chi connectivity index (χ2v) is 8.68. The summed E-state index contributed by atoms with van der Waals surface area (Å²) >= 11 is 0. The average molecular weight is 480 g/mol. The highest BCUT2D eigenvalue weighted by Gasteiger charge is 2.24. The van der Waals surface area contributed by atoms with Crippen LogP contribution in [0.1, 0.15) is 31.2 Å². The minimum Gasteiger partial charge on any atom is -0.497 e. The topological polar surface area (TPSA) is 113 Å². The van der Waals surface area contributed by atoms with Crippen molar-refractivity contribution in [3.05, 3.63) is 82.9 Å². The molecule has 0 fully saturated rings. The Bertz CT molecular complexity index is 1600. The zero-order valence-electron chi connectivity index (χ0n) is 19.8. The summed E-state index contributed by atoms with van der Waals surface area (Å²) in [6.07, 6.45) is 7.97. The van der Waals surface area contributed by atoms with Crippen LogP contribution in [0.4, 0.5) is 11.8 Å². The smallest absolute Gasteiger partial charge is 0.284 e. The Kier molecular flexibility index (Phi) is 5.57. The first-order chi connectivity index (χ1) is 17.7. The van der Waals surface area contributed by atoms with Gasteiger partial charge in [-0.1, -0.05) is 48.5 Å². The largest absolute Gasteiger partial charge is 0.497 e. The van der Waals surface area contributed by atoms with Crippen LogP contribution in [0.25, 0.3) is 33.6 Å². The van der Waals surface area contributed by atoms with E-state index in [1.807, 2.05) is 54.6 Å². The maximum absolute atomic E-state index is 14.1. The summed E-state index contributed by atoms with van der Waals surface area (Å²) in [4.78, 5) is 21.7. The molecule has 3 heterocycles. The van der Waals surface area contributed by atoms with E-state index in [2.05, 4.69) is 31.6 Å². The molecule has 3 aromatic heterocycles. The van der Waals surface area contributed by atoms with Crippen LogP contribution in [0.15, 0.2) is 71.8 Å². The molecular weight excluding hydrogens is 454 g/mol. The van der Waals surface area contributed by atoms with Gasteiger partial charge in [-0.3, -0.25) is 9.89 Å². The molecule has 0 atom stereocenters. The van der Waals surface area contributed by atoms with Gasteiger partial charge in [0.25, 0.3) is 5.56 Å². The molecule has 2 aromatic carbocycles. The number of aromatic nitrogens is 6. The van der Waals surface area contributed by atoms with Crippen LogP contribution in [0.5, 0.6) is 5.75 Å². The Morgan fingerprint density at radius 2 is 1.83 bits per heavy atom. The summed E-state index contributed by atoms with van der Waals surface area (Å²) in [6.45, 7) is 0. The van der Waals surface area contributed by atoms with Gasteiger partial charge in [-0.2, -0.15) is 9.61 Å². The number of nitrogens with one attached hydrogen (secondary N) is 3. The van der Waals surface area contributed by atoms with Crippen molar-refractivity contribution in [1.82, 2.24) is 29.8 Å². The van der Waals surface area contributed by atoms with Crippen molar-refractivity contribution in [2.75, 3.05) is 12.4 Å². The van der Waals surface area contributed by atoms with Crippen molar-refractivity contribution in [2.24, 2.45) is 0 Å². The number of fused-ring (bicyclic) bond motifs is 1. The summed E-state index contributed by atoms with van der Waals surface area (Å²) < 4.78 is 6.79. The van der Waals surface area contributed by atoms with E-state index in [-0.39, 0.29) is 5.56 Å². The zero-order valence-corrected chi connectivity index (χ0v) is 19.8. The summed E-state index contributed by atoms with van der Waals surface area (Å²) in [6, 6.07) is 17.4. The molecule has 3 N–H and O–H groups in total. The number of rotatable bonds is 6. The minimum atomic E-state index is -0.244. The van der Waals surface area contributed by atoms with Crippen LogP contribution in [0, 0.1) is 0 Å². The number of nitrogens with zero attached hydrogens (tertiary/aromatic N) is 4. The number of hydrogen-bond donors (Lipinski definition) is 3. The molecule has 0 aliphatic heterocycles. The third kappa shape index (κ3) is 3.84. The van der Waals surface area contributed by atoms with Crippen molar-refractivity contribution in [3.63, 3.8) is 0 Å². The van der Waals surface area contributed by atoms with Crippen molar-refractivity contribution in [2.45, 2.75) is 25.7 Å². The van der Waals surface area contributed by atoms with Gasteiger partial charge in [0.05, 0.1) is 12.7 Å². The molecule has 0 amide bonds. The second-order valence-electron chi connectivity index (χ2n) is 8.68.